The molecule has 20 heavy (non-hydrogen) atoms. The fourth-order valence-electron chi connectivity index (χ4n) is 3.91. The van der Waals surface area contributed by atoms with E-state index in [1.54, 1.807) is 5.56 Å². The molecule has 1 fully saturated rings. The van der Waals surface area contributed by atoms with E-state index in [4.69, 9.17) is 0 Å². The molecule has 0 spiro atoms. The van der Waals surface area contributed by atoms with Crippen LogP contribution in [0.2, 0.25) is 0 Å². The summed E-state index contributed by atoms with van der Waals surface area (Å²) in [6.07, 6.45) is 9.78. The first-order valence-corrected chi connectivity index (χ1v) is 8.34. The Morgan fingerprint density at radius 3 is 2.20 bits per heavy atom. The smallest absolute Gasteiger partial charge is 0.0107 e. The molecule has 1 unspecified atom stereocenters. The zero-order chi connectivity index (χ0) is 14.5. The van der Waals surface area contributed by atoms with Crippen LogP contribution in [0.5, 0.6) is 0 Å². The highest BCUT2D eigenvalue weighted by atomic mass is 14.9. The fraction of sp³-hybridized carbons (Fsp3) is 0.684. The largest absolute Gasteiger partial charge is 0.317 e. The Balaban J connectivity index is 2.02. The van der Waals surface area contributed by atoms with Crippen LogP contribution < -0.4 is 5.32 Å². The average molecular weight is 273 g/mol. The summed E-state index contributed by atoms with van der Waals surface area (Å²) in [5, 5.41) is 3.57. The Labute approximate surface area is 125 Å². The van der Waals surface area contributed by atoms with Gasteiger partial charge < -0.3 is 5.32 Å². The number of hydrogen-bond donors (Lipinski definition) is 1. The molecule has 1 N–H and O–H groups in total. The van der Waals surface area contributed by atoms with E-state index >= 15 is 0 Å². The van der Waals surface area contributed by atoms with Crippen LogP contribution in [0.1, 0.15) is 60.8 Å². The summed E-state index contributed by atoms with van der Waals surface area (Å²) in [4.78, 5) is 0. The molecule has 1 atom stereocenters. The maximum atomic E-state index is 3.57. The van der Waals surface area contributed by atoms with E-state index in [1.807, 2.05) is 0 Å². The number of hydrogen-bond acceptors (Lipinski definition) is 1. The molecule has 1 aliphatic rings. The van der Waals surface area contributed by atoms with Crippen molar-refractivity contribution < 1.29 is 0 Å². The summed E-state index contributed by atoms with van der Waals surface area (Å²) in [6, 6.07) is 5.30. The maximum Gasteiger partial charge on any atom is 0.0107 e. The average Bonchev–Trinajstić information content (AvgIpc) is 2.42. The summed E-state index contributed by atoms with van der Waals surface area (Å²) < 4.78 is 0. The highest BCUT2D eigenvalue weighted by Crippen LogP contribution is 2.28. The van der Waals surface area contributed by atoms with Gasteiger partial charge in [-0.3, -0.25) is 0 Å². The predicted molar refractivity (Wildman–Crippen MR) is 88.4 cm³/mol. The van der Waals surface area contributed by atoms with Gasteiger partial charge in [0.25, 0.3) is 0 Å². The zero-order valence-electron chi connectivity index (χ0n) is 13.8. The first kappa shape index (κ1) is 15.6. The van der Waals surface area contributed by atoms with E-state index in [-0.39, 0.29) is 0 Å². The van der Waals surface area contributed by atoms with Crippen LogP contribution in [0.15, 0.2) is 12.1 Å². The quantitative estimate of drug-likeness (QED) is 0.819. The molecule has 112 valence electrons. The number of likely N-dealkylation sites (N-methyl/N-ethyl adjacent to an activating group) is 1. The molecule has 0 saturated heterocycles. The minimum absolute atomic E-state index is 0.637. The van der Waals surface area contributed by atoms with Gasteiger partial charge in [0.05, 0.1) is 0 Å². The molecular formula is C19H31N. The van der Waals surface area contributed by atoms with Crippen LogP contribution in [-0.4, -0.2) is 13.1 Å². The first-order chi connectivity index (χ1) is 9.60. The van der Waals surface area contributed by atoms with Crippen molar-refractivity contribution in [3.8, 4) is 0 Å². The predicted octanol–water partition coefficient (Wildman–Crippen LogP) is 4.71. The number of nitrogens with one attached hydrogen (secondary N) is 1. The normalized spacial score (nSPS) is 18.2. The molecule has 1 aromatic rings. The van der Waals surface area contributed by atoms with Crippen molar-refractivity contribution in [3.63, 3.8) is 0 Å². The van der Waals surface area contributed by atoms with Crippen LogP contribution in [0.25, 0.3) is 0 Å². The fourth-order valence-corrected chi connectivity index (χ4v) is 3.91. The first-order valence-electron chi connectivity index (χ1n) is 8.34. The lowest BCUT2D eigenvalue weighted by Gasteiger charge is -2.27. The van der Waals surface area contributed by atoms with Gasteiger partial charge in [-0.05, 0) is 63.3 Å². The summed E-state index contributed by atoms with van der Waals surface area (Å²) in [6.45, 7) is 6.73. The summed E-state index contributed by atoms with van der Waals surface area (Å²) in [7, 11) is 2.13. The van der Waals surface area contributed by atoms with E-state index in [9.17, 15) is 0 Å². The van der Waals surface area contributed by atoms with Gasteiger partial charge in [0.1, 0.15) is 0 Å². The Kier molecular flexibility index (Phi) is 5.65. The van der Waals surface area contributed by atoms with Crippen molar-refractivity contribution in [3.05, 3.63) is 34.4 Å². The third-order valence-electron chi connectivity index (χ3n) is 5.04. The van der Waals surface area contributed by atoms with Crippen LogP contribution in [0.4, 0.5) is 0 Å². The molecule has 0 aromatic heterocycles. The Bertz CT molecular complexity index is 406. The van der Waals surface area contributed by atoms with Gasteiger partial charge in [0.2, 0.25) is 0 Å². The monoisotopic (exact) mass is 273 g/mol. The van der Waals surface area contributed by atoms with E-state index in [2.05, 4.69) is 45.3 Å². The van der Waals surface area contributed by atoms with Gasteiger partial charge in [-0.25, -0.2) is 0 Å². The minimum Gasteiger partial charge on any atom is -0.317 e. The van der Waals surface area contributed by atoms with Crippen molar-refractivity contribution in [1.29, 1.82) is 0 Å². The van der Waals surface area contributed by atoms with Crippen molar-refractivity contribution in [1.82, 2.24) is 5.32 Å². The van der Waals surface area contributed by atoms with Gasteiger partial charge in [-0.2, -0.15) is 0 Å². The van der Waals surface area contributed by atoms with Crippen molar-refractivity contribution in [2.24, 2.45) is 5.92 Å². The second-order valence-corrected chi connectivity index (χ2v) is 6.81. The molecule has 1 saturated carbocycles. The van der Waals surface area contributed by atoms with Crippen LogP contribution in [-0.2, 0) is 6.42 Å². The van der Waals surface area contributed by atoms with Gasteiger partial charge in [-0.1, -0.05) is 49.8 Å². The molecule has 1 nitrogen and oxygen atoms in total. The second kappa shape index (κ2) is 7.26. The molecule has 2 rings (SSSR count). The molecule has 0 bridgehead atoms. The molecule has 1 aliphatic carbocycles. The Hall–Kier alpha value is -0.820. The number of rotatable bonds is 5. The zero-order valence-corrected chi connectivity index (χ0v) is 13.8. The van der Waals surface area contributed by atoms with Crippen LogP contribution >= 0.6 is 0 Å². The van der Waals surface area contributed by atoms with Crippen molar-refractivity contribution in [2.75, 3.05) is 7.05 Å². The summed E-state index contributed by atoms with van der Waals surface area (Å²) in [5.74, 6) is 0.951. The second-order valence-electron chi connectivity index (χ2n) is 6.81. The highest BCUT2D eigenvalue weighted by molar-refractivity contribution is 5.38. The standard InChI is InChI=1S/C19H31N/c1-14-10-15(2)19(16(3)11-14)13-18(20-4)12-17-8-6-5-7-9-17/h10-11,17-18,20H,5-9,12-13H2,1-4H3. The molecule has 0 radical (unpaired) electrons. The van der Waals surface area contributed by atoms with E-state index in [0.29, 0.717) is 6.04 Å². The summed E-state index contributed by atoms with van der Waals surface area (Å²) in [5.41, 5.74) is 5.88. The lowest BCUT2D eigenvalue weighted by atomic mass is 9.83. The molecule has 1 aromatic carbocycles. The van der Waals surface area contributed by atoms with Crippen molar-refractivity contribution >= 4 is 0 Å². The number of aryl methyl sites for hydroxylation is 3. The third-order valence-corrected chi connectivity index (χ3v) is 5.04. The van der Waals surface area contributed by atoms with E-state index in [1.165, 1.54) is 61.6 Å². The highest BCUT2D eigenvalue weighted by Gasteiger charge is 2.19. The molecule has 0 heterocycles. The lowest BCUT2D eigenvalue weighted by Crippen LogP contribution is -2.31. The molecule has 0 aliphatic heterocycles. The molecule has 0 amide bonds. The SMILES string of the molecule is CNC(Cc1c(C)cc(C)cc1C)CC1CCCCC1. The van der Waals surface area contributed by atoms with E-state index in [0.717, 1.165) is 5.92 Å². The summed E-state index contributed by atoms with van der Waals surface area (Å²) >= 11 is 0. The van der Waals surface area contributed by atoms with E-state index < -0.39 is 0 Å². The maximum absolute atomic E-state index is 3.57. The van der Waals surface area contributed by atoms with Crippen LogP contribution in [0, 0.1) is 26.7 Å². The topological polar surface area (TPSA) is 12.0 Å². The number of benzene rings is 1. The van der Waals surface area contributed by atoms with Gasteiger partial charge in [-0.15, -0.1) is 0 Å². The Morgan fingerprint density at radius 2 is 1.65 bits per heavy atom. The van der Waals surface area contributed by atoms with Gasteiger partial charge in [0, 0.05) is 6.04 Å². The minimum atomic E-state index is 0.637. The van der Waals surface area contributed by atoms with Crippen molar-refractivity contribution in [2.45, 2.75) is 71.8 Å². The van der Waals surface area contributed by atoms with Crippen LogP contribution in [0.3, 0.4) is 0 Å². The van der Waals surface area contributed by atoms with Gasteiger partial charge >= 0.3 is 0 Å². The van der Waals surface area contributed by atoms with Gasteiger partial charge in [0.15, 0.2) is 0 Å². The lowest BCUT2D eigenvalue weighted by molar-refractivity contribution is 0.302. The Morgan fingerprint density at radius 1 is 1.05 bits per heavy atom. The third kappa shape index (κ3) is 4.09. The molecule has 1 heteroatoms. The molecular weight excluding hydrogens is 242 g/mol.